The molecule has 1 fully saturated rings. The van der Waals surface area contributed by atoms with Gasteiger partial charge >= 0.3 is 0 Å². The van der Waals surface area contributed by atoms with Crippen LogP contribution in [-0.2, 0) is 11.3 Å². The Kier molecular flexibility index (Phi) is 6.83. The molecule has 3 N–H and O–H groups in total. The fraction of sp³-hybridized carbons (Fsp3) is 0.667. The molecule has 1 amide bonds. The summed E-state index contributed by atoms with van der Waals surface area (Å²) in [6, 6.07) is 8.36. The molecule has 1 aliphatic heterocycles. The SMILES string of the molecule is CC(C)c1ccc(CN2CCC[C@@](O)(CNCC(C)(C)CO)C2=O)cc1. The largest absolute Gasteiger partial charge is 0.396 e. The lowest BCUT2D eigenvalue weighted by atomic mass is 9.90. The lowest BCUT2D eigenvalue weighted by molar-refractivity contribution is -0.157. The van der Waals surface area contributed by atoms with Crippen LogP contribution in [0.5, 0.6) is 0 Å². The Morgan fingerprint density at radius 1 is 1.27 bits per heavy atom. The van der Waals surface area contributed by atoms with Crippen LogP contribution in [0.15, 0.2) is 24.3 Å². The summed E-state index contributed by atoms with van der Waals surface area (Å²) in [5.74, 6) is 0.283. The lowest BCUT2D eigenvalue weighted by Gasteiger charge is -2.39. The highest BCUT2D eigenvalue weighted by atomic mass is 16.3. The molecule has 0 spiro atoms. The van der Waals surface area contributed by atoms with E-state index in [1.54, 1.807) is 4.90 Å². The van der Waals surface area contributed by atoms with E-state index < -0.39 is 5.60 Å². The van der Waals surface area contributed by atoms with Gasteiger partial charge in [0.1, 0.15) is 0 Å². The average Bonchev–Trinajstić information content (AvgIpc) is 2.59. The van der Waals surface area contributed by atoms with Crippen LogP contribution in [0.2, 0.25) is 0 Å². The molecule has 5 nitrogen and oxygen atoms in total. The van der Waals surface area contributed by atoms with Crippen molar-refractivity contribution < 1.29 is 15.0 Å². The zero-order valence-corrected chi connectivity index (χ0v) is 16.6. The Morgan fingerprint density at radius 3 is 2.50 bits per heavy atom. The molecule has 0 aliphatic carbocycles. The quantitative estimate of drug-likeness (QED) is 0.663. The lowest BCUT2D eigenvalue weighted by Crippen LogP contribution is -2.58. The Balaban J connectivity index is 1.97. The number of piperidine rings is 1. The van der Waals surface area contributed by atoms with E-state index in [1.807, 2.05) is 13.8 Å². The second kappa shape index (κ2) is 8.51. The van der Waals surface area contributed by atoms with Gasteiger partial charge in [0.25, 0.3) is 5.91 Å². The van der Waals surface area contributed by atoms with Crippen molar-refractivity contribution >= 4 is 5.91 Å². The number of rotatable bonds is 8. The van der Waals surface area contributed by atoms with Crippen molar-refractivity contribution in [3.8, 4) is 0 Å². The highest BCUT2D eigenvalue weighted by Gasteiger charge is 2.42. The second-order valence-corrected chi connectivity index (χ2v) is 8.68. The molecular formula is C21H34N2O3. The van der Waals surface area contributed by atoms with Crippen molar-refractivity contribution in [3.05, 3.63) is 35.4 Å². The first-order valence-electron chi connectivity index (χ1n) is 9.59. The van der Waals surface area contributed by atoms with Gasteiger partial charge in [-0.15, -0.1) is 0 Å². The van der Waals surface area contributed by atoms with Gasteiger partial charge in [-0.2, -0.15) is 0 Å². The minimum atomic E-state index is -1.36. The van der Waals surface area contributed by atoms with Crippen LogP contribution in [0.1, 0.15) is 57.6 Å². The van der Waals surface area contributed by atoms with Gasteiger partial charge in [-0.3, -0.25) is 4.79 Å². The van der Waals surface area contributed by atoms with Gasteiger partial charge < -0.3 is 20.4 Å². The first-order chi connectivity index (χ1) is 12.2. The molecule has 146 valence electrons. The van der Waals surface area contributed by atoms with Crippen LogP contribution < -0.4 is 5.32 Å². The minimum absolute atomic E-state index is 0.0604. The van der Waals surface area contributed by atoms with E-state index in [2.05, 4.69) is 43.4 Å². The number of hydrogen-bond acceptors (Lipinski definition) is 4. The summed E-state index contributed by atoms with van der Waals surface area (Å²) in [7, 11) is 0. The number of hydrogen-bond donors (Lipinski definition) is 3. The summed E-state index contributed by atoms with van der Waals surface area (Å²) < 4.78 is 0. The zero-order valence-electron chi connectivity index (χ0n) is 16.6. The van der Waals surface area contributed by atoms with Crippen molar-refractivity contribution in [1.82, 2.24) is 10.2 Å². The molecule has 1 heterocycles. The molecule has 0 radical (unpaired) electrons. The van der Waals surface area contributed by atoms with Crippen molar-refractivity contribution in [2.45, 2.75) is 58.6 Å². The Labute approximate surface area is 157 Å². The number of aliphatic hydroxyl groups excluding tert-OH is 1. The number of amides is 1. The number of benzene rings is 1. The van der Waals surface area contributed by atoms with Gasteiger partial charge in [0.2, 0.25) is 0 Å². The highest BCUT2D eigenvalue weighted by Crippen LogP contribution is 2.25. The second-order valence-electron chi connectivity index (χ2n) is 8.68. The van der Waals surface area contributed by atoms with Crippen LogP contribution in [0, 0.1) is 5.41 Å². The van der Waals surface area contributed by atoms with E-state index in [0.717, 1.165) is 12.0 Å². The van der Waals surface area contributed by atoms with E-state index >= 15 is 0 Å². The number of carbonyl (C=O) groups is 1. The van der Waals surface area contributed by atoms with Gasteiger partial charge in [0.05, 0.1) is 0 Å². The van der Waals surface area contributed by atoms with Crippen LogP contribution in [0.3, 0.4) is 0 Å². The molecule has 0 aromatic heterocycles. The summed E-state index contributed by atoms with van der Waals surface area (Å²) in [5, 5.41) is 23.4. The van der Waals surface area contributed by atoms with Crippen molar-refractivity contribution in [1.29, 1.82) is 0 Å². The summed E-state index contributed by atoms with van der Waals surface area (Å²) in [5.41, 5.74) is 0.736. The number of nitrogens with zero attached hydrogens (tertiary/aromatic N) is 1. The molecular weight excluding hydrogens is 328 g/mol. The summed E-state index contributed by atoms with van der Waals surface area (Å²) in [6.45, 7) is 10.2. The van der Waals surface area contributed by atoms with E-state index in [-0.39, 0.29) is 24.5 Å². The molecule has 0 bridgehead atoms. The summed E-state index contributed by atoms with van der Waals surface area (Å²) in [4.78, 5) is 14.6. The summed E-state index contributed by atoms with van der Waals surface area (Å²) in [6.07, 6.45) is 1.26. The molecule has 1 aromatic carbocycles. The molecule has 2 rings (SSSR count). The van der Waals surface area contributed by atoms with Gasteiger partial charge in [-0.25, -0.2) is 0 Å². The predicted molar refractivity (Wildman–Crippen MR) is 104 cm³/mol. The Bertz CT molecular complexity index is 598. The zero-order chi connectivity index (χ0) is 19.4. The standard InChI is InChI=1S/C21H34N2O3/c1-16(2)18-8-6-17(7-9-18)12-23-11-5-10-21(26,19(23)25)14-22-13-20(3,4)15-24/h6-9,16,22,24,26H,5,10-15H2,1-4H3/t21-/m1/s1. The molecule has 0 unspecified atom stereocenters. The van der Waals surface area contributed by atoms with E-state index in [0.29, 0.717) is 32.0 Å². The van der Waals surface area contributed by atoms with E-state index in [9.17, 15) is 15.0 Å². The highest BCUT2D eigenvalue weighted by molar-refractivity contribution is 5.86. The maximum atomic E-state index is 12.8. The monoisotopic (exact) mass is 362 g/mol. The topological polar surface area (TPSA) is 72.8 Å². The maximum absolute atomic E-state index is 12.8. The van der Waals surface area contributed by atoms with Gasteiger partial charge in [-0.1, -0.05) is 52.0 Å². The molecule has 1 saturated heterocycles. The van der Waals surface area contributed by atoms with Crippen molar-refractivity contribution in [2.24, 2.45) is 5.41 Å². The van der Waals surface area contributed by atoms with Crippen LogP contribution in [-0.4, -0.2) is 52.9 Å². The van der Waals surface area contributed by atoms with Gasteiger partial charge in [-0.05, 0) is 29.9 Å². The van der Waals surface area contributed by atoms with Gasteiger partial charge in [0.15, 0.2) is 5.60 Å². The Hall–Kier alpha value is -1.43. The van der Waals surface area contributed by atoms with Gasteiger partial charge in [0, 0.05) is 38.2 Å². The minimum Gasteiger partial charge on any atom is -0.396 e. The van der Waals surface area contributed by atoms with Crippen molar-refractivity contribution in [2.75, 3.05) is 26.2 Å². The molecule has 1 aromatic rings. The number of aliphatic hydroxyl groups is 2. The number of nitrogens with one attached hydrogen (secondary N) is 1. The molecule has 0 saturated carbocycles. The average molecular weight is 363 g/mol. The predicted octanol–water partition coefficient (Wildman–Crippen LogP) is 2.27. The first kappa shape index (κ1) is 20.9. The van der Waals surface area contributed by atoms with Crippen LogP contribution in [0.25, 0.3) is 0 Å². The Morgan fingerprint density at radius 2 is 1.92 bits per heavy atom. The summed E-state index contributed by atoms with van der Waals surface area (Å²) >= 11 is 0. The molecule has 1 atom stereocenters. The van der Waals surface area contributed by atoms with Crippen LogP contribution >= 0.6 is 0 Å². The van der Waals surface area contributed by atoms with Crippen molar-refractivity contribution in [3.63, 3.8) is 0 Å². The van der Waals surface area contributed by atoms with E-state index in [4.69, 9.17) is 0 Å². The number of likely N-dealkylation sites (tertiary alicyclic amines) is 1. The molecule has 1 aliphatic rings. The third-order valence-electron chi connectivity index (χ3n) is 5.17. The smallest absolute Gasteiger partial charge is 0.256 e. The molecule has 5 heteroatoms. The molecule has 26 heavy (non-hydrogen) atoms. The third kappa shape index (κ3) is 5.29. The van der Waals surface area contributed by atoms with Crippen LogP contribution in [0.4, 0.5) is 0 Å². The third-order valence-corrected chi connectivity index (χ3v) is 5.17. The first-order valence-corrected chi connectivity index (χ1v) is 9.59. The number of carbonyl (C=O) groups excluding carboxylic acids is 1. The van der Waals surface area contributed by atoms with E-state index in [1.165, 1.54) is 5.56 Å². The fourth-order valence-corrected chi connectivity index (χ4v) is 3.27. The normalized spacial score (nSPS) is 21.5. The maximum Gasteiger partial charge on any atom is 0.256 e. The fourth-order valence-electron chi connectivity index (χ4n) is 3.27.